The molecule has 0 aromatic carbocycles. The number of rotatable bonds is 46. The van der Waals surface area contributed by atoms with Gasteiger partial charge in [-0.1, -0.05) is 278 Å². The normalized spacial score (nSPS) is 14.3. The van der Waals surface area contributed by atoms with Crippen molar-refractivity contribution in [1.82, 2.24) is 9.80 Å². The maximum Gasteiger partial charge on any atom is 0.101 e. The molecule has 1 aliphatic heterocycles. The van der Waals surface area contributed by atoms with Crippen LogP contribution in [0.15, 0.2) is 12.4 Å². The Kier molecular flexibility index (Phi) is 41.3. The minimum absolute atomic E-state index is 0.635. The Morgan fingerprint density at radius 1 is 0.241 bits per heavy atom. The van der Waals surface area contributed by atoms with Crippen LogP contribution in [-0.4, -0.2) is 29.1 Å². The van der Waals surface area contributed by atoms with Crippen molar-refractivity contribution in [1.29, 1.82) is 0 Å². The van der Waals surface area contributed by atoms with Gasteiger partial charge in [0.25, 0.3) is 0 Å². The molecular formula is C52H104N2. The summed E-state index contributed by atoms with van der Waals surface area (Å²) in [5, 5.41) is 0. The molecule has 0 N–H and O–H groups in total. The predicted octanol–water partition coefficient (Wildman–Crippen LogP) is 18.6. The molecule has 1 heterocycles. The summed E-state index contributed by atoms with van der Waals surface area (Å²) in [5.41, 5.74) is 0. The third kappa shape index (κ3) is 34.6. The molecule has 1 aliphatic rings. The maximum atomic E-state index is 2.74. The Hall–Kier alpha value is -0.660. The smallest absolute Gasteiger partial charge is 0.101 e. The predicted molar refractivity (Wildman–Crippen MR) is 247 cm³/mol. The van der Waals surface area contributed by atoms with Crippen LogP contribution < -0.4 is 0 Å². The number of unbranched alkanes of at least 4 members (excludes halogenated alkanes) is 40. The summed E-state index contributed by atoms with van der Waals surface area (Å²) in [6.45, 7) is 9.50. The topological polar surface area (TPSA) is 6.48 Å². The molecule has 0 fully saturated rings. The highest BCUT2D eigenvalue weighted by Crippen LogP contribution is 2.24. The van der Waals surface area contributed by atoms with Gasteiger partial charge in [-0.3, -0.25) is 0 Å². The lowest BCUT2D eigenvalue weighted by Gasteiger charge is -2.33. The van der Waals surface area contributed by atoms with E-state index in [0.29, 0.717) is 6.17 Å². The Morgan fingerprint density at radius 3 is 0.648 bits per heavy atom. The highest BCUT2D eigenvalue weighted by atomic mass is 15.4. The van der Waals surface area contributed by atoms with Gasteiger partial charge in [0.1, 0.15) is 6.17 Å². The standard InChI is InChI=1S/C52H104N2/c1-4-7-10-13-16-19-22-24-26-27-28-30-32-35-38-41-44-47-52-53(48-45-42-39-36-33-21-18-15-12-9-6-3)50-51-54(52)49-46-43-40-37-34-31-29-25-23-20-17-14-11-8-5-2/h50-52H,4-49H2,1-3H3. The van der Waals surface area contributed by atoms with Crippen molar-refractivity contribution in [3.63, 3.8) is 0 Å². The van der Waals surface area contributed by atoms with Crippen LogP contribution in [0.2, 0.25) is 0 Å². The molecule has 1 unspecified atom stereocenters. The van der Waals surface area contributed by atoms with Crippen molar-refractivity contribution in [3.8, 4) is 0 Å². The zero-order valence-corrected chi connectivity index (χ0v) is 38.2. The first kappa shape index (κ1) is 51.4. The van der Waals surface area contributed by atoms with Crippen molar-refractivity contribution in [2.75, 3.05) is 13.1 Å². The molecule has 1 atom stereocenters. The fraction of sp³-hybridized carbons (Fsp3) is 0.962. The lowest BCUT2D eigenvalue weighted by molar-refractivity contribution is 0.135. The quantitative estimate of drug-likeness (QED) is 0.0571. The second-order valence-corrected chi connectivity index (χ2v) is 18.2. The van der Waals surface area contributed by atoms with E-state index in [4.69, 9.17) is 0 Å². The number of hydrogen-bond donors (Lipinski definition) is 0. The summed E-state index contributed by atoms with van der Waals surface area (Å²) in [7, 11) is 0. The lowest BCUT2D eigenvalue weighted by Crippen LogP contribution is -2.39. The fourth-order valence-electron chi connectivity index (χ4n) is 9.02. The summed E-state index contributed by atoms with van der Waals surface area (Å²) in [6.07, 6.45) is 69.4. The van der Waals surface area contributed by atoms with Gasteiger partial charge in [0, 0.05) is 25.5 Å². The van der Waals surface area contributed by atoms with Crippen molar-refractivity contribution in [3.05, 3.63) is 12.4 Å². The molecule has 0 saturated carbocycles. The van der Waals surface area contributed by atoms with Crippen LogP contribution in [0.3, 0.4) is 0 Å². The molecule has 0 aromatic heterocycles. The van der Waals surface area contributed by atoms with Gasteiger partial charge in [0.15, 0.2) is 0 Å². The second kappa shape index (κ2) is 43.5. The summed E-state index contributed by atoms with van der Waals surface area (Å²) in [5.74, 6) is 0. The first-order valence-corrected chi connectivity index (χ1v) is 26.0. The van der Waals surface area contributed by atoms with Crippen molar-refractivity contribution >= 4 is 0 Å². The van der Waals surface area contributed by atoms with Crippen LogP contribution >= 0.6 is 0 Å². The van der Waals surface area contributed by atoms with Gasteiger partial charge in [0.05, 0.1) is 0 Å². The molecule has 0 amide bonds. The summed E-state index contributed by atoms with van der Waals surface area (Å²) in [6, 6.07) is 0. The Morgan fingerprint density at radius 2 is 0.426 bits per heavy atom. The van der Waals surface area contributed by atoms with Gasteiger partial charge in [-0.05, 0) is 25.7 Å². The van der Waals surface area contributed by atoms with E-state index >= 15 is 0 Å². The van der Waals surface area contributed by atoms with Crippen LogP contribution in [0, 0.1) is 0 Å². The second-order valence-electron chi connectivity index (χ2n) is 18.2. The van der Waals surface area contributed by atoms with E-state index in [9.17, 15) is 0 Å². The third-order valence-corrected chi connectivity index (χ3v) is 12.8. The first-order chi connectivity index (χ1) is 26.8. The van der Waals surface area contributed by atoms with E-state index in [2.05, 4.69) is 43.0 Å². The summed E-state index contributed by atoms with van der Waals surface area (Å²) in [4.78, 5) is 5.48. The van der Waals surface area contributed by atoms with Crippen molar-refractivity contribution < 1.29 is 0 Å². The van der Waals surface area contributed by atoms with E-state index < -0.39 is 0 Å². The van der Waals surface area contributed by atoms with Crippen LogP contribution in [0.25, 0.3) is 0 Å². The van der Waals surface area contributed by atoms with Crippen LogP contribution in [0.1, 0.15) is 303 Å². The molecule has 1 rings (SSSR count). The van der Waals surface area contributed by atoms with E-state index in [0.717, 1.165) is 0 Å². The average Bonchev–Trinajstić information content (AvgIpc) is 3.57. The molecule has 0 aliphatic carbocycles. The fourth-order valence-corrected chi connectivity index (χ4v) is 9.02. The highest BCUT2D eigenvalue weighted by molar-refractivity contribution is 4.97. The SMILES string of the molecule is CCCCCCCCCCCCCCCCCCCC1N(CCCCCCCCCCCCC)C=CN1CCCCCCCCCCCCCCCCC. The largest absolute Gasteiger partial charge is 0.356 e. The first-order valence-electron chi connectivity index (χ1n) is 26.0. The Labute approximate surface area is 343 Å². The molecule has 0 radical (unpaired) electrons. The maximum absolute atomic E-state index is 2.74. The van der Waals surface area contributed by atoms with Gasteiger partial charge in [-0.2, -0.15) is 0 Å². The molecule has 0 saturated heterocycles. The molecular weight excluding hydrogens is 653 g/mol. The van der Waals surface area contributed by atoms with E-state index in [-0.39, 0.29) is 0 Å². The Balaban J connectivity index is 2.18. The number of hydrogen-bond acceptors (Lipinski definition) is 2. The van der Waals surface area contributed by atoms with Gasteiger partial charge in [-0.25, -0.2) is 0 Å². The van der Waals surface area contributed by atoms with Gasteiger partial charge >= 0.3 is 0 Å². The Bertz CT molecular complexity index is 717. The van der Waals surface area contributed by atoms with Gasteiger partial charge in [-0.15, -0.1) is 0 Å². The molecule has 0 aromatic rings. The molecule has 2 heteroatoms. The van der Waals surface area contributed by atoms with Gasteiger partial charge < -0.3 is 9.80 Å². The molecule has 2 nitrogen and oxygen atoms in total. The average molecular weight is 757 g/mol. The molecule has 54 heavy (non-hydrogen) atoms. The van der Waals surface area contributed by atoms with Crippen LogP contribution in [-0.2, 0) is 0 Å². The molecule has 0 spiro atoms. The van der Waals surface area contributed by atoms with Crippen molar-refractivity contribution in [2.24, 2.45) is 0 Å². The summed E-state index contributed by atoms with van der Waals surface area (Å²) < 4.78 is 0. The lowest BCUT2D eigenvalue weighted by atomic mass is 10.0. The molecule has 322 valence electrons. The van der Waals surface area contributed by atoms with Crippen LogP contribution in [0.4, 0.5) is 0 Å². The van der Waals surface area contributed by atoms with Crippen LogP contribution in [0.5, 0.6) is 0 Å². The van der Waals surface area contributed by atoms with E-state index in [1.54, 1.807) is 0 Å². The highest BCUT2D eigenvalue weighted by Gasteiger charge is 2.25. The number of nitrogens with zero attached hydrogens (tertiary/aromatic N) is 2. The van der Waals surface area contributed by atoms with E-state index in [1.807, 2.05) is 0 Å². The summed E-state index contributed by atoms with van der Waals surface area (Å²) >= 11 is 0. The van der Waals surface area contributed by atoms with E-state index in [1.165, 1.54) is 296 Å². The van der Waals surface area contributed by atoms with Crippen molar-refractivity contribution in [2.45, 2.75) is 309 Å². The zero-order valence-electron chi connectivity index (χ0n) is 38.2. The van der Waals surface area contributed by atoms with Gasteiger partial charge in [0.2, 0.25) is 0 Å². The monoisotopic (exact) mass is 757 g/mol. The minimum Gasteiger partial charge on any atom is -0.356 e. The minimum atomic E-state index is 0.635. The molecule has 0 bridgehead atoms. The zero-order chi connectivity index (χ0) is 38.7. The third-order valence-electron chi connectivity index (χ3n) is 12.8.